The molecule has 2 aliphatic rings. The van der Waals surface area contributed by atoms with Gasteiger partial charge in [-0.25, -0.2) is 9.59 Å². The minimum Gasteiger partial charge on any atom is -0.481 e. The van der Waals surface area contributed by atoms with E-state index >= 15 is 0 Å². The number of anilines is 2. The third-order valence-corrected chi connectivity index (χ3v) is 6.82. The Kier molecular flexibility index (Phi) is 8.03. The lowest BCUT2D eigenvalue weighted by Crippen LogP contribution is -2.39. The van der Waals surface area contributed by atoms with Crippen molar-refractivity contribution in [2.75, 3.05) is 17.2 Å². The quantitative estimate of drug-likeness (QED) is 0.437. The number of carbonyl (C=O) groups is 3. The van der Waals surface area contributed by atoms with Gasteiger partial charge in [0.2, 0.25) is 0 Å². The van der Waals surface area contributed by atoms with Crippen molar-refractivity contribution in [3.63, 3.8) is 0 Å². The normalized spacial score (nSPS) is 19.4. The topological polar surface area (TPSA) is 108 Å². The number of urea groups is 1. The zero-order chi connectivity index (χ0) is 24.9. The fraction of sp³-hybridized carbons (Fsp3) is 0.400. The van der Waals surface area contributed by atoms with Crippen LogP contribution < -0.4 is 10.6 Å². The van der Waals surface area contributed by atoms with E-state index in [9.17, 15) is 14.4 Å². The number of nitrogens with zero attached hydrogens (tertiary/aromatic N) is 1. The Hall–Kier alpha value is -2.97. The van der Waals surface area contributed by atoms with E-state index in [4.69, 9.17) is 33.0 Å². The summed E-state index contributed by atoms with van der Waals surface area (Å²) in [5, 5.41) is 15.3. The number of rotatable bonds is 5. The maximum absolute atomic E-state index is 12.7. The number of nitrogens with one attached hydrogen (secondary N) is 2. The van der Waals surface area contributed by atoms with Gasteiger partial charge >= 0.3 is 18.1 Å². The second kappa shape index (κ2) is 11.2. The van der Waals surface area contributed by atoms with Gasteiger partial charge in [0.25, 0.3) is 0 Å². The van der Waals surface area contributed by atoms with E-state index in [0.717, 1.165) is 24.0 Å². The molecular weight excluding hydrogens is 493 g/mol. The maximum Gasteiger partial charge on any atom is 0.410 e. The first-order chi connectivity index (χ1) is 16.7. The molecule has 0 aromatic heterocycles. The van der Waals surface area contributed by atoms with Crippen LogP contribution in [0.5, 0.6) is 0 Å². The number of carboxylic acids is 1. The molecule has 1 aliphatic heterocycles. The lowest BCUT2D eigenvalue weighted by molar-refractivity contribution is -0.138. The van der Waals surface area contributed by atoms with Crippen LogP contribution in [0.25, 0.3) is 0 Å². The van der Waals surface area contributed by atoms with Gasteiger partial charge in [-0.2, -0.15) is 0 Å². The molecule has 0 saturated heterocycles. The number of carboxylic acid groups (broad SMARTS) is 1. The van der Waals surface area contributed by atoms with Crippen LogP contribution in [0.3, 0.4) is 0 Å². The third kappa shape index (κ3) is 7.02. The highest BCUT2D eigenvalue weighted by molar-refractivity contribution is 6.35. The van der Waals surface area contributed by atoms with E-state index in [1.54, 1.807) is 29.2 Å². The number of amides is 3. The molecular formula is C25H27Cl2N3O5. The molecule has 1 saturated carbocycles. The van der Waals surface area contributed by atoms with Crippen LogP contribution >= 0.6 is 23.2 Å². The number of hydrogen-bond donors (Lipinski definition) is 3. The van der Waals surface area contributed by atoms with Gasteiger partial charge in [0.1, 0.15) is 6.10 Å². The molecule has 10 heteroatoms. The van der Waals surface area contributed by atoms with Crippen LogP contribution in [0.1, 0.15) is 43.2 Å². The van der Waals surface area contributed by atoms with Crippen molar-refractivity contribution in [3.8, 4) is 0 Å². The first kappa shape index (κ1) is 25.1. The molecule has 0 radical (unpaired) electrons. The van der Waals surface area contributed by atoms with Crippen molar-refractivity contribution >= 4 is 52.7 Å². The van der Waals surface area contributed by atoms with Gasteiger partial charge in [0.15, 0.2) is 0 Å². The van der Waals surface area contributed by atoms with Gasteiger partial charge in [0.05, 0.1) is 0 Å². The highest BCUT2D eigenvalue weighted by Gasteiger charge is 2.28. The van der Waals surface area contributed by atoms with Gasteiger partial charge in [-0.3, -0.25) is 4.79 Å². The third-order valence-electron chi connectivity index (χ3n) is 6.38. The molecule has 2 aromatic rings. The molecule has 1 fully saturated rings. The maximum atomic E-state index is 12.7. The molecule has 0 spiro atoms. The largest absolute Gasteiger partial charge is 0.481 e. The standard InChI is InChI=1S/C25H27Cl2N3O5/c26-18-11-19(27)13-21(12-18)29-24(33)28-20-4-3-17-14-30(8-7-16(17)10-20)25(34)35-22-5-1-15(2-6-22)9-23(31)32/h3-4,10-13,15,22H,1-2,5-9,14H2,(H,31,32)(H2,28,29,33)/t15-,22-. The summed E-state index contributed by atoms with van der Waals surface area (Å²) in [6.07, 6.45) is 3.27. The summed E-state index contributed by atoms with van der Waals surface area (Å²) in [5.74, 6) is -0.611. The Morgan fingerprint density at radius 3 is 2.31 bits per heavy atom. The molecule has 1 heterocycles. The van der Waals surface area contributed by atoms with Gasteiger partial charge in [-0.1, -0.05) is 29.3 Å². The Morgan fingerprint density at radius 2 is 1.63 bits per heavy atom. The highest BCUT2D eigenvalue weighted by atomic mass is 35.5. The van der Waals surface area contributed by atoms with Crippen LogP contribution in [0, 0.1) is 5.92 Å². The fourth-order valence-corrected chi connectivity index (χ4v) is 5.15. The summed E-state index contributed by atoms with van der Waals surface area (Å²) in [6.45, 7) is 0.965. The zero-order valence-corrected chi connectivity index (χ0v) is 20.6. The van der Waals surface area contributed by atoms with Gasteiger partial charge < -0.3 is 25.4 Å². The zero-order valence-electron chi connectivity index (χ0n) is 19.1. The molecule has 0 unspecified atom stereocenters. The molecule has 0 bridgehead atoms. The smallest absolute Gasteiger partial charge is 0.410 e. The number of hydrogen-bond acceptors (Lipinski definition) is 4. The molecule has 4 rings (SSSR count). The summed E-state index contributed by atoms with van der Waals surface area (Å²) >= 11 is 11.9. The number of aliphatic carboxylic acids is 1. The van der Waals surface area contributed by atoms with Crippen LogP contribution in [-0.4, -0.2) is 40.7 Å². The SMILES string of the molecule is O=C(O)C[C@H]1CC[C@H](OC(=O)N2CCc3cc(NC(=O)Nc4cc(Cl)cc(Cl)c4)ccc3C2)CC1. The van der Waals surface area contributed by atoms with Gasteiger partial charge in [-0.05, 0) is 79.5 Å². The van der Waals surface area contributed by atoms with E-state index in [1.807, 2.05) is 12.1 Å². The number of carbonyl (C=O) groups excluding carboxylic acids is 2. The van der Waals surface area contributed by atoms with Crippen LogP contribution in [-0.2, 0) is 22.5 Å². The summed E-state index contributed by atoms with van der Waals surface area (Å²) < 4.78 is 5.70. The molecule has 3 amide bonds. The summed E-state index contributed by atoms with van der Waals surface area (Å²) in [4.78, 5) is 37.6. The molecule has 0 atom stereocenters. The number of halogens is 2. The van der Waals surface area contributed by atoms with E-state index in [-0.39, 0.29) is 24.5 Å². The van der Waals surface area contributed by atoms with Crippen molar-refractivity contribution in [1.82, 2.24) is 4.90 Å². The van der Waals surface area contributed by atoms with E-state index < -0.39 is 12.0 Å². The van der Waals surface area contributed by atoms with Crippen molar-refractivity contribution in [2.45, 2.75) is 51.2 Å². The van der Waals surface area contributed by atoms with E-state index in [2.05, 4.69) is 10.6 Å². The van der Waals surface area contributed by atoms with Crippen LogP contribution in [0.4, 0.5) is 21.0 Å². The summed E-state index contributed by atoms with van der Waals surface area (Å²) in [7, 11) is 0. The fourth-order valence-electron chi connectivity index (χ4n) is 4.62. The minimum absolute atomic E-state index is 0.159. The Balaban J connectivity index is 1.28. The van der Waals surface area contributed by atoms with Gasteiger partial charge in [-0.15, -0.1) is 0 Å². The number of ether oxygens (including phenoxy) is 1. The summed E-state index contributed by atoms with van der Waals surface area (Å²) in [6, 6.07) is 9.99. The Morgan fingerprint density at radius 1 is 0.943 bits per heavy atom. The highest BCUT2D eigenvalue weighted by Crippen LogP contribution is 2.30. The molecule has 35 heavy (non-hydrogen) atoms. The first-order valence-electron chi connectivity index (χ1n) is 11.6. The van der Waals surface area contributed by atoms with Crippen molar-refractivity contribution in [1.29, 1.82) is 0 Å². The second-order valence-electron chi connectivity index (χ2n) is 9.02. The van der Waals surface area contributed by atoms with Crippen LogP contribution in [0.2, 0.25) is 10.0 Å². The molecule has 1 aliphatic carbocycles. The average Bonchev–Trinajstić information content (AvgIpc) is 2.79. The predicted molar refractivity (Wildman–Crippen MR) is 134 cm³/mol. The molecule has 2 aromatic carbocycles. The summed E-state index contributed by atoms with van der Waals surface area (Å²) in [5.41, 5.74) is 3.20. The van der Waals surface area contributed by atoms with E-state index in [0.29, 0.717) is 53.8 Å². The first-order valence-corrected chi connectivity index (χ1v) is 12.3. The Bertz CT molecular complexity index is 1100. The van der Waals surface area contributed by atoms with Crippen molar-refractivity contribution in [2.24, 2.45) is 5.92 Å². The van der Waals surface area contributed by atoms with Gasteiger partial charge in [0, 0.05) is 40.9 Å². The molecule has 186 valence electrons. The molecule has 3 N–H and O–H groups in total. The average molecular weight is 520 g/mol. The second-order valence-corrected chi connectivity index (χ2v) is 9.89. The van der Waals surface area contributed by atoms with E-state index in [1.165, 1.54) is 0 Å². The van der Waals surface area contributed by atoms with Crippen molar-refractivity contribution < 1.29 is 24.2 Å². The van der Waals surface area contributed by atoms with Crippen LogP contribution in [0.15, 0.2) is 36.4 Å². The molecule has 8 nitrogen and oxygen atoms in total. The monoisotopic (exact) mass is 519 g/mol. The lowest BCUT2D eigenvalue weighted by atomic mass is 9.85. The lowest BCUT2D eigenvalue weighted by Gasteiger charge is -2.32. The van der Waals surface area contributed by atoms with Crippen molar-refractivity contribution in [3.05, 3.63) is 57.6 Å². The number of benzene rings is 2. The predicted octanol–water partition coefficient (Wildman–Crippen LogP) is 6.17. The minimum atomic E-state index is -0.776. The number of fused-ring (bicyclic) bond motifs is 1. The Labute approximate surface area is 213 Å².